The van der Waals surface area contributed by atoms with Crippen LogP contribution in [0.25, 0.3) is 0 Å². The second-order valence-electron chi connectivity index (χ2n) is 6.73. The van der Waals surface area contributed by atoms with Gasteiger partial charge in [-0.3, -0.25) is 9.69 Å². The van der Waals surface area contributed by atoms with E-state index in [1.165, 1.54) is 0 Å². The summed E-state index contributed by atoms with van der Waals surface area (Å²) in [6, 6.07) is 0.297. The first kappa shape index (κ1) is 14.5. The van der Waals surface area contributed by atoms with Crippen molar-refractivity contribution in [2.24, 2.45) is 5.41 Å². The topological polar surface area (TPSA) is 62.5 Å². The van der Waals surface area contributed by atoms with E-state index in [2.05, 4.69) is 34.0 Å². The lowest BCUT2D eigenvalue weighted by Gasteiger charge is -2.41. The predicted octanol–water partition coefficient (Wildman–Crippen LogP) is 1.60. The molecule has 1 aromatic rings. The number of rotatable bonds is 3. The lowest BCUT2D eigenvalue weighted by molar-refractivity contribution is -0.147. The lowest BCUT2D eigenvalue weighted by atomic mass is 9.78. The Morgan fingerprint density at radius 3 is 2.76 bits per heavy atom. The molecule has 1 spiro atoms. The highest BCUT2D eigenvalue weighted by atomic mass is 16.6. The number of nitrogens with zero attached hydrogens (tertiary/aromatic N) is 4. The van der Waals surface area contributed by atoms with Crippen molar-refractivity contribution in [1.82, 2.24) is 20.1 Å². The number of piperidine rings is 1. The van der Waals surface area contributed by atoms with Gasteiger partial charge in [-0.15, -0.1) is 0 Å². The molecule has 0 radical (unpaired) electrons. The monoisotopic (exact) mass is 292 g/mol. The summed E-state index contributed by atoms with van der Waals surface area (Å²) in [5, 5.41) is 7.78. The number of carbonyl (C=O) groups is 1. The summed E-state index contributed by atoms with van der Waals surface area (Å²) in [5.41, 5.74) is 1.55. The Morgan fingerprint density at radius 1 is 1.29 bits per heavy atom. The fourth-order valence-corrected chi connectivity index (χ4v) is 3.67. The van der Waals surface area contributed by atoms with Crippen molar-refractivity contribution in [3.63, 3.8) is 0 Å². The van der Waals surface area contributed by atoms with Crippen LogP contribution in [0.4, 0.5) is 0 Å². The first-order chi connectivity index (χ1) is 10.0. The molecule has 3 heterocycles. The van der Waals surface area contributed by atoms with Crippen LogP contribution >= 0.6 is 0 Å². The largest absolute Gasteiger partial charge is 0.340 e. The Kier molecular flexibility index (Phi) is 3.73. The second kappa shape index (κ2) is 5.40. The SMILES string of the molecule is Cc1nonc1CN1CCC2(CCCN(C(C)C)C2=O)C1. The minimum absolute atomic E-state index is 0.173. The van der Waals surface area contributed by atoms with E-state index in [9.17, 15) is 4.79 Å². The van der Waals surface area contributed by atoms with Crippen molar-refractivity contribution in [3.8, 4) is 0 Å². The van der Waals surface area contributed by atoms with Crippen molar-refractivity contribution in [2.75, 3.05) is 19.6 Å². The molecule has 0 bridgehead atoms. The van der Waals surface area contributed by atoms with Crippen molar-refractivity contribution in [2.45, 2.75) is 52.6 Å². The molecule has 0 aliphatic carbocycles. The van der Waals surface area contributed by atoms with Crippen molar-refractivity contribution < 1.29 is 9.42 Å². The van der Waals surface area contributed by atoms with Gasteiger partial charge in [-0.1, -0.05) is 10.3 Å². The Bertz CT molecular complexity index is 527. The minimum Gasteiger partial charge on any atom is -0.340 e. The van der Waals surface area contributed by atoms with Crippen molar-refractivity contribution >= 4 is 5.91 Å². The molecule has 1 aromatic heterocycles. The van der Waals surface area contributed by atoms with Crippen LogP contribution in [-0.4, -0.2) is 51.7 Å². The maximum Gasteiger partial charge on any atom is 0.230 e. The van der Waals surface area contributed by atoms with E-state index in [4.69, 9.17) is 4.63 Å². The Morgan fingerprint density at radius 2 is 2.10 bits per heavy atom. The zero-order chi connectivity index (χ0) is 15.0. The lowest BCUT2D eigenvalue weighted by Crippen LogP contribution is -2.52. The Balaban J connectivity index is 1.70. The van der Waals surface area contributed by atoms with Gasteiger partial charge in [-0.25, -0.2) is 4.63 Å². The van der Waals surface area contributed by atoms with Gasteiger partial charge in [-0.2, -0.15) is 0 Å². The normalized spacial score (nSPS) is 27.2. The van der Waals surface area contributed by atoms with Gasteiger partial charge in [0.15, 0.2) is 0 Å². The van der Waals surface area contributed by atoms with E-state index in [1.807, 2.05) is 6.92 Å². The first-order valence-electron chi connectivity index (χ1n) is 7.83. The molecule has 6 heteroatoms. The highest BCUT2D eigenvalue weighted by Crippen LogP contribution is 2.41. The summed E-state index contributed by atoms with van der Waals surface area (Å²) in [5.74, 6) is 0.348. The van der Waals surface area contributed by atoms with Crippen molar-refractivity contribution in [1.29, 1.82) is 0 Å². The molecular formula is C15H24N4O2. The molecule has 2 saturated heterocycles. The fraction of sp³-hybridized carbons (Fsp3) is 0.800. The van der Waals surface area contributed by atoms with Crippen LogP contribution in [0.2, 0.25) is 0 Å². The van der Waals surface area contributed by atoms with Gasteiger partial charge in [-0.05, 0) is 46.6 Å². The van der Waals surface area contributed by atoms with E-state index in [-0.39, 0.29) is 5.41 Å². The number of hydrogen-bond acceptors (Lipinski definition) is 5. The number of hydrogen-bond donors (Lipinski definition) is 0. The van der Waals surface area contributed by atoms with Gasteiger partial charge in [0.1, 0.15) is 11.4 Å². The summed E-state index contributed by atoms with van der Waals surface area (Å²) in [6.45, 7) is 9.54. The number of carbonyl (C=O) groups excluding carboxylic acids is 1. The Hall–Kier alpha value is -1.43. The van der Waals surface area contributed by atoms with Crippen LogP contribution in [0.1, 0.15) is 44.5 Å². The minimum atomic E-state index is -0.173. The van der Waals surface area contributed by atoms with E-state index in [0.717, 1.165) is 56.8 Å². The molecule has 0 saturated carbocycles. The third-order valence-corrected chi connectivity index (χ3v) is 4.94. The predicted molar refractivity (Wildman–Crippen MR) is 77.4 cm³/mol. The maximum absolute atomic E-state index is 12.9. The molecule has 0 N–H and O–H groups in total. The highest BCUT2D eigenvalue weighted by molar-refractivity contribution is 5.84. The summed E-state index contributed by atoms with van der Waals surface area (Å²) >= 11 is 0. The van der Waals surface area contributed by atoms with Crippen LogP contribution < -0.4 is 0 Å². The molecule has 2 fully saturated rings. The molecule has 1 unspecified atom stereocenters. The van der Waals surface area contributed by atoms with Gasteiger partial charge in [0.05, 0.1) is 5.41 Å². The van der Waals surface area contributed by atoms with Gasteiger partial charge >= 0.3 is 0 Å². The molecule has 21 heavy (non-hydrogen) atoms. The van der Waals surface area contributed by atoms with E-state index < -0.39 is 0 Å². The summed E-state index contributed by atoms with van der Waals surface area (Å²) < 4.78 is 4.76. The number of amides is 1. The van der Waals surface area contributed by atoms with Crippen LogP contribution in [0.3, 0.4) is 0 Å². The van der Waals surface area contributed by atoms with Gasteiger partial charge in [0, 0.05) is 25.7 Å². The second-order valence-corrected chi connectivity index (χ2v) is 6.73. The smallest absolute Gasteiger partial charge is 0.230 e. The summed E-state index contributed by atoms with van der Waals surface area (Å²) in [7, 11) is 0. The maximum atomic E-state index is 12.9. The molecule has 3 rings (SSSR count). The fourth-order valence-electron chi connectivity index (χ4n) is 3.67. The quantitative estimate of drug-likeness (QED) is 0.847. The molecule has 1 atom stereocenters. The molecule has 2 aliphatic rings. The average Bonchev–Trinajstić information content (AvgIpc) is 3.02. The zero-order valence-electron chi connectivity index (χ0n) is 13.1. The van der Waals surface area contributed by atoms with Crippen LogP contribution in [0.15, 0.2) is 4.63 Å². The van der Waals surface area contributed by atoms with Crippen LogP contribution in [0.5, 0.6) is 0 Å². The standard InChI is InChI=1S/C15H24N4O2/c1-11(2)19-7-4-5-15(14(19)20)6-8-18(10-15)9-13-12(3)16-21-17-13/h11H,4-10H2,1-3H3. The van der Waals surface area contributed by atoms with Crippen LogP contribution in [-0.2, 0) is 11.3 Å². The number of aryl methyl sites for hydroxylation is 1. The third kappa shape index (κ3) is 2.57. The van der Waals surface area contributed by atoms with Gasteiger partial charge in [0.2, 0.25) is 5.91 Å². The number of likely N-dealkylation sites (tertiary alicyclic amines) is 2. The third-order valence-electron chi connectivity index (χ3n) is 4.94. The first-order valence-corrected chi connectivity index (χ1v) is 7.83. The highest BCUT2D eigenvalue weighted by Gasteiger charge is 2.48. The molecule has 116 valence electrons. The van der Waals surface area contributed by atoms with Crippen LogP contribution in [0, 0.1) is 12.3 Å². The molecule has 6 nitrogen and oxygen atoms in total. The van der Waals surface area contributed by atoms with E-state index in [0.29, 0.717) is 11.9 Å². The molecular weight excluding hydrogens is 268 g/mol. The summed E-state index contributed by atoms with van der Waals surface area (Å²) in [4.78, 5) is 17.2. The molecule has 0 aromatic carbocycles. The Labute approximate surface area is 125 Å². The number of aromatic nitrogens is 2. The molecule has 2 aliphatic heterocycles. The van der Waals surface area contributed by atoms with Crippen molar-refractivity contribution in [3.05, 3.63) is 11.4 Å². The molecule has 1 amide bonds. The van der Waals surface area contributed by atoms with E-state index in [1.54, 1.807) is 0 Å². The zero-order valence-corrected chi connectivity index (χ0v) is 13.1. The van der Waals surface area contributed by atoms with E-state index >= 15 is 0 Å². The summed E-state index contributed by atoms with van der Waals surface area (Å²) in [6.07, 6.45) is 3.09. The van der Waals surface area contributed by atoms with Gasteiger partial charge in [0.25, 0.3) is 0 Å². The van der Waals surface area contributed by atoms with Gasteiger partial charge < -0.3 is 4.90 Å². The average molecular weight is 292 g/mol.